The molecule has 6 nitrogen and oxygen atoms in total. The van der Waals surface area contributed by atoms with Gasteiger partial charge in [-0.05, 0) is 60.8 Å². The molecule has 31 heavy (non-hydrogen) atoms. The molecule has 1 fully saturated rings. The van der Waals surface area contributed by atoms with E-state index < -0.39 is 0 Å². The number of nitrogens with zero attached hydrogens (tertiary/aromatic N) is 3. The Morgan fingerprint density at radius 1 is 1.29 bits per heavy atom. The van der Waals surface area contributed by atoms with Crippen molar-refractivity contribution in [3.05, 3.63) is 64.2 Å². The molecular formula is C25H30N4O2. The second-order valence-corrected chi connectivity index (χ2v) is 8.93. The van der Waals surface area contributed by atoms with E-state index in [4.69, 9.17) is 9.72 Å². The van der Waals surface area contributed by atoms with E-state index >= 15 is 0 Å². The third-order valence-electron chi connectivity index (χ3n) is 6.74. The van der Waals surface area contributed by atoms with Gasteiger partial charge in [-0.1, -0.05) is 30.4 Å². The molecule has 0 radical (unpaired) electrons. The summed E-state index contributed by atoms with van der Waals surface area (Å²) in [5.41, 5.74) is 5.92. The van der Waals surface area contributed by atoms with Crippen molar-refractivity contribution in [2.24, 2.45) is 5.92 Å². The van der Waals surface area contributed by atoms with Gasteiger partial charge >= 0.3 is 6.03 Å². The van der Waals surface area contributed by atoms with E-state index in [1.807, 2.05) is 18.0 Å². The summed E-state index contributed by atoms with van der Waals surface area (Å²) in [4.78, 5) is 24.3. The van der Waals surface area contributed by atoms with E-state index in [1.54, 1.807) is 0 Å². The van der Waals surface area contributed by atoms with Crippen molar-refractivity contribution in [1.82, 2.24) is 20.2 Å². The van der Waals surface area contributed by atoms with Gasteiger partial charge in [0, 0.05) is 32.4 Å². The van der Waals surface area contributed by atoms with Crippen molar-refractivity contribution < 1.29 is 9.53 Å². The highest BCUT2D eigenvalue weighted by Gasteiger charge is 2.25. The predicted octanol–water partition coefficient (Wildman–Crippen LogP) is 3.84. The van der Waals surface area contributed by atoms with Gasteiger partial charge in [0.2, 0.25) is 0 Å². The summed E-state index contributed by atoms with van der Waals surface area (Å²) in [6.45, 7) is 4.96. The summed E-state index contributed by atoms with van der Waals surface area (Å²) in [6, 6.07) is 6.41. The Morgan fingerprint density at radius 3 is 3.03 bits per heavy atom. The molecule has 0 spiro atoms. The van der Waals surface area contributed by atoms with Crippen molar-refractivity contribution in [3.8, 4) is 0 Å². The lowest BCUT2D eigenvalue weighted by molar-refractivity contribution is 0.0659. The van der Waals surface area contributed by atoms with E-state index in [0.29, 0.717) is 19.0 Å². The molecule has 0 unspecified atom stereocenters. The monoisotopic (exact) mass is 418 g/mol. The molecule has 0 bridgehead atoms. The first-order chi connectivity index (χ1) is 15.2. The van der Waals surface area contributed by atoms with Crippen molar-refractivity contribution in [2.45, 2.75) is 51.6 Å². The van der Waals surface area contributed by atoms with Gasteiger partial charge in [-0.15, -0.1) is 0 Å². The van der Waals surface area contributed by atoms with Crippen LogP contribution >= 0.6 is 0 Å². The largest absolute Gasteiger partial charge is 0.381 e. The molecule has 3 heterocycles. The Hall–Kier alpha value is -2.73. The fourth-order valence-electron chi connectivity index (χ4n) is 4.73. The highest BCUT2D eigenvalue weighted by atomic mass is 16.5. The third kappa shape index (κ3) is 4.49. The molecular weight excluding hydrogens is 388 g/mol. The number of nitrogens with one attached hydrogen (secondary N) is 1. The Kier molecular flexibility index (Phi) is 5.72. The Morgan fingerprint density at radius 2 is 2.16 bits per heavy atom. The van der Waals surface area contributed by atoms with Crippen LogP contribution in [0.15, 0.2) is 30.5 Å². The van der Waals surface area contributed by atoms with E-state index in [0.717, 1.165) is 62.4 Å². The Bertz CT molecular complexity index is 997. The smallest absolute Gasteiger partial charge is 0.318 e. The highest BCUT2D eigenvalue weighted by Crippen LogP contribution is 2.25. The number of carbonyl (C=O) groups is 1. The highest BCUT2D eigenvalue weighted by molar-refractivity contribution is 5.75. The van der Waals surface area contributed by atoms with E-state index in [1.165, 1.54) is 16.7 Å². The number of hydrogen-bond donors (Lipinski definition) is 1. The van der Waals surface area contributed by atoms with Gasteiger partial charge < -0.3 is 15.0 Å². The molecule has 2 aliphatic heterocycles. The zero-order valence-corrected chi connectivity index (χ0v) is 18.1. The molecule has 5 rings (SSSR count). The van der Waals surface area contributed by atoms with E-state index in [9.17, 15) is 4.79 Å². The Labute approximate surface area is 183 Å². The van der Waals surface area contributed by atoms with E-state index in [-0.39, 0.29) is 12.1 Å². The number of carbonyl (C=O) groups excluding carboxylic acids is 1. The number of fused-ring (bicyclic) bond motifs is 2. The van der Waals surface area contributed by atoms with Crippen molar-refractivity contribution >= 4 is 12.1 Å². The molecule has 3 aliphatic rings. The van der Waals surface area contributed by atoms with Gasteiger partial charge in [0.15, 0.2) is 0 Å². The average molecular weight is 419 g/mol. The summed E-state index contributed by atoms with van der Waals surface area (Å²) in [5.74, 6) is 1.49. The maximum atomic E-state index is 13.0. The predicted molar refractivity (Wildman–Crippen MR) is 120 cm³/mol. The molecule has 1 atom stereocenters. The molecule has 162 valence electrons. The number of ether oxygens (including phenoxy) is 1. The topological polar surface area (TPSA) is 67.4 Å². The van der Waals surface area contributed by atoms with Crippen LogP contribution in [-0.2, 0) is 30.5 Å². The first-order valence-corrected chi connectivity index (χ1v) is 11.4. The minimum Gasteiger partial charge on any atom is -0.381 e. The standard InChI is InChI=1S/C25H30N4O2/c1-17(20-6-5-19-3-2-4-21(19)14-20)27-25(30)29-10-7-22-15-26-24(28-23(22)16-29)13-18-8-11-31-12-9-18/h2-3,5-6,14-15,17-18H,4,7-13,16H2,1H3,(H,27,30)/t17-/m0/s1. The van der Waals surface area contributed by atoms with Gasteiger partial charge in [0.1, 0.15) is 5.82 Å². The lowest BCUT2D eigenvalue weighted by Gasteiger charge is -2.30. The van der Waals surface area contributed by atoms with Gasteiger partial charge in [0.25, 0.3) is 0 Å². The van der Waals surface area contributed by atoms with Gasteiger partial charge in [-0.25, -0.2) is 14.8 Å². The van der Waals surface area contributed by atoms with Gasteiger partial charge in [0.05, 0.1) is 18.3 Å². The zero-order chi connectivity index (χ0) is 21.2. The zero-order valence-electron chi connectivity index (χ0n) is 18.1. The number of urea groups is 1. The number of amides is 2. The maximum absolute atomic E-state index is 13.0. The van der Waals surface area contributed by atoms with Crippen LogP contribution < -0.4 is 5.32 Å². The summed E-state index contributed by atoms with van der Waals surface area (Å²) in [5, 5.41) is 3.18. The number of hydrogen-bond acceptors (Lipinski definition) is 4. The van der Waals surface area contributed by atoms with E-state index in [2.05, 4.69) is 40.7 Å². The minimum absolute atomic E-state index is 0.0265. The van der Waals surface area contributed by atoms with Crippen LogP contribution in [0, 0.1) is 5.92 Å². The quantitative estimate of drug-likeness (QED) is 0.819. The summed E-state index contributed by atoms with van der Waals surface area (Å²) >= 11 is 0. The molecule has 1 aliphatic carbocycles. The first-order valence-electron chi connectivity index (χ1n) is 11.4. The van der Waals surface area contributed by atoms with Gasteiger partial charge in [-0.3, -0.25) is 0 Å². The first kappa shape index (κ1) is 20.2. The summed E-state index contributed by atoms with van der Waals surface area (Å²) in [7, 11) is 0. The van der Waals surface area contributed by atoms with Crippen LogP contribution in [0.25, 0.3) is 6.08 Å². The molecule has 1 aromatic heterocycles. The van der Waals surface area contributed by atoms with Crippen molar-refractivity contribution in [1.29, 1.82) is 0 Å². The van der Waals surface area contributed by atoms with Gasteiger partial charge in [-0.2, -0.15) is 0 Å². The van der Waals surface area contributed by atoms with Crippen molar-refractivity contribution in [2.75, 3.05) is 19.8 Å². The third-order valence-corrected chi connectivity index (χ3v) is 6.74. The molecule has 6 heteroatoms. The SMILES string of the molecule is C[C@H](NC(=O)N1CCc2cnc(CC3CCOCC3)nc2C1)c1ccc2c(c1)CC=C2. The van der Waals surface area contributed by atoms with Crippen LogP contribution in [0.5, 0.6) is 0 Å². The molecule has 2 aromatic rings. The van der Waals surface area contributed by atoms with Crippen LogP contribution in [0.2, 0.25) is 0 Å². The fourth-order valence-corrected chi connectivity index (χ4v) is 4.73. The number of rotatable bonds is 4. The average Bonchev–Trinajstić information content (AvgIpc) is 3.27. The lowest BCUT2D eigenvalue weighted by Crippen LogP contribution is -2.44. The van der Waals surface area contributed by atoms with Crippen molar-refractivity contribution in [3.63, 3.8) is 0 Å². The van der Waals surface area contributed by atoms with Crippen LogP contribution in [0.4, 0.5) is 4.79 Å². The lowest BCUT2D eigenvalue weighted by atomic mass is 9.96. The Balaban J connectivity index is 1.22. The number of allylic oxidation sites excluding steroid dienone is 1. The molecule has 1 N–H and O–H groups in total. The molecule has 0 saturated carbocycles. The second-order valence-electron chi connectivity index (χ2n) is 8.93. The summed E-state index contributed by atoms with van der Waals surface area (Å²) < 4.78 is 5.46. The molecule has 1 saturated heterocycles. The van der Waals surface area contributed by atoms with Crippen LogP contribution in [-0.4, -0.2) is 40.7 Å². The van der Waals surface area contributed by atoms with Crippen LogP contribution in [0.1, 0.15) is 59.6 Å². The fraction of sp³-hybridized carbons (Fsp3) is 0.480. The second kappa shape index (κ2) is 8.79. The maximum Gasteiger partial charge on any atom is 0.318 e. The number of benzene rings is 1. The normalized spacial score (nSPS) is 19.1. The van der Waals surface area contributed by atoms with Crippen LogP contribution in [0.3, 0.4) is 0 Å². The minimum atomic E-state index is -0.0331. The number of aromatic nitrogens is 2. The molecule has 2 amide bonds. The summed E-state index contributed by atoms with van der Waals surface area (Å²) in [6.07, 6.45) is 11.1. The molecule has 1 aromatic carbocycles.